The first-order valence-corrected chi connectivity index (χ1v) is 11.1. The van der Waals surface area contributed by atoms with E-state index in [9.17, 15) is 10.0 Å². The summed E-state index contributed by atoms with van der Waals surface area (Å²) in [6.45, 7) is 0. The highest BCUT2D eigenvalue weighted by atomic mass is 32.2. The number of carbonyl (C=O) groups excluding carboxylic acids is 1. The van der Waals surface area contributed by atoms with Crippen LogP contribution in [-0.4, -0.2) is 31.4 Å². The standard InChI is InChI=1S/C24H19N5O2S/c30-23(19-9-12-29-21(19)15-32-24(29)17-6-4-10-25-14-17)27-18-7-3-5-16(13-18)22(28-31)20-8-1-2-11-26-20/h1-14,24,31H,15H2,(H,27,30)/b28-22-. The number of fused-ring (bicyclic) bond motifs is 1. The predicted octanol–water partition coefficient (Wildman–Crippen LogP) is 4.55. The first kappa shape index (κ1) is 20.0. The SMILES string of the molecule is O=C(Nc1cccc(/C(=N/O)c2ccccn2)c1)c1ccn2c1CSC2c1cccnc1. The van der Waals surface area contributed by atoms with Crippen molar-refractivity contribution in [2.75, 3.05) is 5.32 Å². The summed E-state index contributed by atoms with van der Waals surface area (Å²) in [5.74, 6) is 0.569. The maximum absolute atomic E-state index is 13.1. The van der Waals surface area contributed by atoms with Crippen LogP contribution < -0.4 is 5.32 Å². The summed E-state index contributed by atoms with van der Waals surface area (Å²) in [7, 11) is 0. The van der Waals surface area contributed by atoms with Gasteiger partial charge in [0, 0.05) is 53.0 Å². The summed E-state index contributed by atoms with van der Waals surface area (Å²) in [6, 6.07) is 18.4. The van der Waals surface area contributed by atoms with Gasteiger partial charge in [0.2, 0.25) is 0 Å². The van der Waals surface area contributed by atoms with Crippen molar-refractivity contribution in [3.63, 3.8) is 0 Å². The molecule has 32 heavy (non-hydrogen) atoms. The summed E-state index contributed by atoms with van der Waals surface area (Å²) in [5, 5.41) is 16.0. The van der Waals surface area contributed by atoms with Crippen molar-refractivity contribution in [1.29, 1.82) is 0 Å². The summed E-state index contributed by atoms with van der Waals surface area (Å²) in [4.78, 5) is 21.5. The number of rotatable bonds is 5. The maximum Gasteiger partial charge on any atom is 0.257 e. The molecule has 8 heteroatoms. The van der Waals surface area contributed by atoms with Crippen LogP contribution in [0.3, 0.4) is 0 Å². The van der Waals surface area contributed by atoms with E-state index in [1.165, 1.54) is 0 Å². The van der Waals surface area contributed by atoms with Gasteiger partial charge in [-0.25, -0.2) is 0 Å². The minimum atomic E-state index is -0.177. The van der Waals surface area contributed by atoms with E-state index >= 15 is 0 Å². The summed E-state index contributed by atoms with van der Waals surface area (Å²) in [5.41, 5.74) is 4.89. The topological polar surface area (TPSA) is 92.4 Å². The van der Waals surface area contributed by atoms with Gasteiger partial charge in [0.15, 0.2) is 0 Å². The minimum Gasteiger partial charge on any atom is -0.410 e. The van der Waals surface area contributed by atoms with Crippen molar-refractivity contribution < 1.29 is 10.0 Å². The third kappa shape index (κ3) is 3.76. The molecule has 0 radical (unpaired) electrons. The Kier molecular flexibility index (Phi) is 5.43. The number of benzene rings is 1. The number of hydrogen-bond acceptors (Lipinski definition) is 6. The van der Waals surface area contributed by atoms with Crippen molar-refractivity contribution in [3.8, 4) is 0 Å². The van der Waals surface area contributed by atoms with E-state index in [0.717, 1.165) is 17.0 Å². The Hall–Kier alpha value is -3.91. The van der Waals surface area contributed by atoms with Crippen LogP contribution in [0.25, 0.3) is 0 Å². The van der Waals surface area contributed by atoms with Crippen molar-refractivity contribution in [2.45, 2.75) is 11.1 Å². The molecular weight excluding hydrogens is 422 g/mol. The second-order valence-electron chi connectivity index (χ2n) is 7.23. The maximum atomic E-state index is 13.1. The smallest absolute Gasteiger partial charge is 0.257 e. The van der Waals surface area contributed by atoms with Gasteiger partial charge in [-0.05, 0) is 36.4 Å². The number of carbonyl (C=O) groups is 1. The highest BCUT2D eigenvalue weighted by Crippen LogP contribution is 2.41. The summed E-state index contributed by atoms with van der Waals surface area (Å²) in [6.07, 6.45) is 7.21. The van der Waals surface area contributed by atoms with Crippen LogP contribution in [0.15, 0.2) is 90.6 Å². The van der Waals surface area contributed by atoms with E-state index in [0.29, 0.717) is 28.2 Å². The molecule has 7 nitrogen and oxygen atoms in total. The van der Waals surface area contributed by atoms with Gasteiger partial charge in [-0.2, -0.15) is 0 Å². The Labute approximate surface area is 188 Å². The zero-order valence-corrected chi connectivity index (χ0v) is 17.7. The van der Waals surface area contributed by atoms with Gasteiger partial charge in [0.25, 0.3) is 5.91 Å². The van der Waals surface area contributed by atoms with Crippen LogP contribution in [0.1, 0.15) is 38.2 Å². The number of hydrogen-bond donors (Lipinski definition) is 2. The zero-order chi connectivity index (χ0) is 21.9. The average Bonchev–Trinajstić information content (AvgIpc) is 3.44. The van der Waals surface area contributed by atoms with E-state index < -0.39 is 0 Å². The number of amides is 1. The second-order valence-corrected chi connectivity index (χ2v) is 8.30. The Morgan fingerprint density at radius 1 is 1.12 bits per heavy atom. The fraction of sp³-hybridized carbons (Fsp3) is 0.0833. The Bertz CT molecular complexity index is 1290. The lowest BCUT2D eigenvalue weighted by atomic mass is 10.1. The van der Waals surface area contributed by atoms with Gasteiger partial charge in [-0.15, -0.1) is 11.8 Å². The molecule has 1 amide bonds. The number of aromatic nitrogens is 3. The molecule has 158 valence electrons. The largest absolute Gasteiger partial charge is 0.410 e. The Balaban J connectivity index is 1.38. The highest BCUT2D eigenvalue weighted by Gasteiger charge is 2.28. The van der Waals surface area contributed by atoms with E-state index in [1.807, 2.05) is 42.7 Å². The third-order valence-electron chi connectivity index (χ3n) is 5.27. The van der Waals surface area contributed by atoms with Crippen LogP contribution in [0.2, 0.25) is 0 Å². The van der Waals surface area contributed by atoms with Gasteiger partial charge in [-0.1, -0.05) is 29.4 Å². The quantitative estimate of drug-likeness (QED) is 0.269. The fourth-order valence-electron chi connectivity index (χ4n) is 3.78. The summed E-state index contributed by atoms with van der Waals surface area (Å²) >= 11 is 1.77. The van der Waals surface area contributed by atoms with Gasteiger partial charge < -0.3 is 15.1 Å². The molecule has 1 atom stereocenters. The molecule has 0 saturated carbocycles. The molecule has 1 aliphatic rings. The van der Waals surface area contributed by atoms with E-state index in [1.54, 1.807) is 54.5 Å². The van der Waals surface area contributed by atoms with Gasteiger partial charge in [0.05, 0.1) is 11.3 Å². The molecule has 3 aromatic heterocycles. The lowest BCUT2D eigenvalue weighted by molar-refractivity contribution is 0.102. The van der Waals surface area contributed by atoms with Crippen LogP contribution in [-0.2, 0) is 5.75 Å². The Morgan fingerprint density at radius 3 is 2.84 bits per heavy atom. The molecule has 0 spiro atoms. The number of oxime groups is 1. The Morgan fingerprint density at radius 2 is 2.06 bits per heavy atom. The lowest BCUT2D eigenvalue weighted by Gasteiger charge is -2.12. The van der Waals surface area contributed by atoms with Crippen molar-refractivity contribution in [3.05, 3.63) is 114 Å². The lowest BCUT2D eigenvalue weighted by Crippen LogP contribution is -2.14. The molecule has 0 bridgehead atoms. The predicted molar refractivity (Wildman–Crippen MR) is 124 cm³/mol. The molecule has 1 aliphatic heterocycles. The van der Waals surface area contributed by atoms with E-state index in [-0.39, 0.29) is 11.3 Å². The second kappa shape index (κ2) is 8.68. The number of nitrogens with one attached hydrogen (secondary N) is 1. The van der Waals surface area contributed by atoms with Crippen LogP contribution in [0, 0.1) is 0 Å². The molecule has 4 heterocycles. The third-order valence-corrected chi connectivity index (χ3v) is 6.53. The van der Waals surface area contributed by atoms with Gasteiger partial charge in [0.1, 0.15) is 11.1 Å². The first-order chi connectivity index (χ1) is 15.7. The molecule has 0 saturated heterocycles. The molecule has 1 aromatic carbocycles. The molecule has 0 fully saturated rings. The molecule has 5 rings (SSSR count). The summed E-state index contributed by atoms with van der Waals surface area (Å²) < 4.78 is 2.13. The zero-order valence-electron chi connectivity index (χ0n) is 16.9. The first-order valence-electron chi connectivity index (χ1n) is 10.0. The van der Waals surface area contributed by atoms with Crippen molar-refractivity contribution in [1.82, 2.24) is 14.5 Å². The van der Waals surface area contributed by atoms with Gasteiger partial charge in [-0.3, -0.25) is 14.8 Å². The van der Waals surface area contributed by atoms with E-state index in [2.05, 4.69) is 25.0 Å². The van der Waals surface area contributed by atoms with Crippen LogP contribution in [0.4, 0.5) is 5.69 Å². The van der Waals surface area contributed by atoms with E-state index in [4.69, 9.17) is 0 Å². The molecular formula is C24H19N5O2S. The monoisotopic (exact) mass is 441 g/mol. The normalized spacial score (nSPS) is 15.4. The molecule has 4 aromatic rings. The number of nitrogens with zero attached hydrogens (tertiary/aromatic N) is 4. The molecule has 0 aliphatic carbocycles. The number of anilines is 1. The van der Waals surface area contributed by atoms with Crippen molar-refractivity contribution >= 4 is 29.1 Å². The molecule has 1 unspecified atom stereocenters. The van der Waals surface area contributed by atoms with Gasteiger partial charge >= 0.3 is 0 Å². The average molecular weight is 442 g/mol. The number of pyridine rings is 2. The highest BCUT2D eigenvalue weighted by molar-refractivity contribution is 7.99. The van der Waals surface area contributed by atoms with Crippen molar-refractivity contribution in [2.24, 2.45) is 5.16 Å². The number of thioether (sulfide) groups is 1. The van der Waals surface area contributed by atoms with Crippen LogP contribution >= 0.6 is 11.8 Å². The minimum absolute atomic E-state index is 0.116. The van der Waals surface area contributed by atoms with Crippen LogP contribution in [0.5, 0.6) is 0 Å². The fourth-order valence-corrected chi connectivity index (χ4v) is 5.09. The molecule has 2 N–H and O–H groups in total.